The molecule has 0 aliphatic heterocycles. The predicted molar refractivity (Wildman–Crippen MR) is 96.1 cm³/mol. The molecule has 1 N–H and O–H groups in total. The summed E-state index contributed by atoms with van der Waals surface area (Å²) in [4.78, 5) is 35.3. The van der Waals surface area contributed by atoms with E-state index >= 15 is 0 Å². The number of nitrogens with one attached hydrogen (secondary N) is 1. The van der Waals surface area contributed by atoms with Crippen molar-refractivity contribution in [1.82, 2.24) is 5.32 Å². The Kier molecular flexibility index (Phi) is 7.81. The van der Waals surface area contributed by atoms with E-state index in [0.29, 0.717) is 24.2 Å². The molecule has 0 radical (unpaired) electrons. The first kappa shape index (κ1) is 20.4. The molecule has 1 heterocycles. The Balaban J connectivity index is 1.85. The summed E-state index contributed by atoms with van der Waals surface area (Å²) in [6.45, 7) is 2.08. The molecule has 2 aromatic rings. The molecule has 2 rings (SSSR count). The standard InChI is InChI=1S/C19H23NO7/c1-3-25-17(22)9-6-10-20-16(21)12-26-19(23)18-14(11-24-2)13-7-4-5-8-15(13)27-18/h4-5,7-8H,3,6,9-12H2,1-2H3,(H,20,21). The first-order valence-electron chi connectivity index (χ1n) is 8.65. The van der Waals surface area contributed by atoms with Gasteiger partial charge in [0.2, 0.25) is 5.76 Å². The van der Waals surface area contributed by atoms with Crippen LogP contribution in [0.2, 0.25) is 0 Å². The molecule has 0 aliphatic rings. The van der Waals surface area contributed by atoms with E-state index in [0.717, 1.165) is 5.39 Å². The van der Waals surface area contributed by atoms with Gasteiger partial charge in [0, 0.05) is 31.0 Å². The predicted octanol–water partition coefficient (Wildman–Crippen LogP) is 2.20. The van der Waals surface area contributed by atoms with Crippen molar-refractivity contribution < 1.29 is 33.0 Å². The van der Waals surface area contributed by atoms with E-state index in [1.165, 1.54) is 7.11 Å². The second-order valence-electron chi connectivity index (χ2n) is 5.67. The molecule has 146 valence electrons. The molecule has 1 aromatic heterocycles. The topological polar surface area (TPSA) is 104 Å². The van der Waals surface area contributed by atoms with Crippen LogP contribution in [-0.2, 0) is 30.4 Å². The average Bonchev–Trinajstić information content (AvgIpc) is 3.03. The van der Waals surface area contributed by atoms with Crippen molar-refractivity contribution in [3.63, 3.8) is 0 Å². The summed E-state index contributed by atoms with van der Waals surface area (Å²) in [5.41, 5.74) is 1.12. The highest BCUT2D eigenvalue weighted by molar-refractivity contribution is 5.96. The molecular weight excluding hydrogens is 354 g/mol. The summed E-state index contributed by atoms with van der Waals surface area (Å²) in [6.07, 6.45) is 0.660. The van der Waals surface area contributed by atoms with Crippen molar-refractivity contribution >= 4 is 28.8 Å². The number of carbonyl (C=O) groups excluding carboxylic acids is 3. The Hall–Kier alpha value is -2.87. The molecule has 0 bridgehead atoms. The molecule has 1 aromatic carbocycles. The van der Waals surface area contributed by atoms with E-state index in [1.807, 2.05) is 12.1 Å². The maximum Gasteiger partial charge on any atom is 0.375 e. The van der Waals surface area contributed by atoms with Gasteiger partial charge in [-0.15, -0.1) is 0 Å². The second kappa shape index (κ2) is 10.3. The van der Waals surface area contributed by atoms with Crippen molar-refractivity contribution in [3.8, 4) is 0 Å². The van der Waals surface area contributed by atoms with Crippen molar-refractivity contribution in [2.45, 2.75) is 26.4 Å². The van der Waals surface area contributed by atoms with E-state index in [1.54, 1.807) is 19.1 Å². The van der Waals surface area contributed by atoms with Crippen LogP contribution < -0.4 is 5.32 Å². The minimum absolute atomic E-state index is 0.0214. The van der Waals surface area contributed by atoms with Crippen LogP contribution in [0.1, 0.15) is 35.9 Å². The molecule has 1 amide bonds. The van der Waals surface area contributed by atoms with Gasteiger partial charge < -0.3 is 23.9 Å². The van der Waals surface area contributed by atoms with Crippen molar-refractivity contribution in [1.29, 1.82) is 0 Å². The maximum absolute atomic E-state index is 12.3. The number of benzene rings is 1. The van der Waals surface area contributed by atoms with E-state index in [9.17, 15) is 14.4 Å². The quantitative estimate of drug-likeness (QED) is 0.500. The minimum Gasteiger partial charge on any atom is -0.466 e. The fraction of sp³-hybridized carbons (Fsp3) is 0.421. The van der Waals surface area contributed by atoms with Gasteiger partial charge in [0.25, 0.3) is 5.91 Å². The van der Waals surface area contributed by atoms with Crippen LogP contribution in [0.3, 0.4) is 0 Å². The second-order valence-corrected chi connectivity index (χ2v) is 5.67. The van der Waals surface area contributed by atoms with Crippen LogP contribution in [0.25, 0.3) is 11.0 Å². The lowest BCUT2D eigenvalue weighted by molar-refractivity contribution is -0.143. The number of fused-ring (bicyclic) bond motifs is 1. The van der Waals surface area contributed by atoms with Gasteiger partial charge in [-0.3, -0.25) is 9.59 Å². The lowest BCUT2D eigenvalue weighted by atomic mass is 10.1. The Bertz CT molecular complexity index is 796. The third-order valence-corrected chi connectivity index (χ3v) is 3.69. The van der Waals surface area contributed by atoms with E-state index < -0.39 is 18.5 Å². The highest BCUT2D eigenvalue weighted by Gasteiger charge is 2.22. The molecule has 27 heavy (non-hydrogen) atoms. The zero-order valence-electron chi connectivity index (χ0n) is 15.4. The number of hydrogen-bond acceptors (Lipinski definition) is 7. The molecular formula is C19H23NO7. The highest BCUT2D eigenvalue weighted by atomic mass is 16.5. The number of methoxy groups -OCH3 is 1. The number of amides is 1. The lowest BCUT2D eigenvalue weighted by Gasteiger charge is -2.06. The largest absolute Gasteiger partial charge is 0.466 e. The summed E-state index contributed by atoms with van der Waals surface area (Å²) in [5.74, 6) is -1.49. The maximum atomic E-state index is 12.3. The van der Waals surface area contributed by atoms with Gasteiger partial charge in [0.05, 0.1) is 13.2 Å². The van der Waals surface area contributed by atoms with Crippen LogP contribution >= 0.6 is 0 Å². The third kappa shape index (κ3) is 5.82. The highest BCUT2D eigenvalue weighted by Crippen LogP contribution is 2.27. The van der Waals surface area contributed by atoms with Gasteiger partial charge >= 0.3 is 11.9 Å². The number of esters is 2. The summed E-state index contributed by atoms with van der Waals surface area (Å²) in [7, 11) is 1.51. The fourth-order valence-corrected chi connectivity index (χ4v) is 2.49. The Morgan fingerprint density at radius 3 is 2.67 bits per heavy atom. The Labute approximate surface area is 156 Å². The van der Waals surface area contributed by atoms with Crippen LogP contribution in [0.4, 0.5) is 0 Å². The Morgan fingerprint density at radius 2 is 1.93 bits per heavy atom. The van der Waals surface area contributed by atoms with Gasteiger partial charge in [0.1, 0.15) is 5.58 Å². The number of para-hydroxylation sites is 1. The van der Waals surface area contributed by atoms with Gasteiger partial charge in [-0.05, 0) is 19.4 Å². The van der Waals surface area contributed by atoms with E-state index in [-0.39, 0.29) is 31.3 Å². The number of hydrogen-bond donors (Lipinski definition) is 1. The summed E-state index contributed by atoms with van der Waals surface area (Å²) in [5, 5.41) is 3.33. The van der Waals surface area contributed by atoms with Gasteiger partial charge in [-0.1, -0.05) is 18.2 Å². The van der Waals surface area contributed by atoms with Crippen LogP contribution in [0, 0.1) is 0 Å². The van der Waals surface area contributed by atoms with Gasteiger partial charge in [-0.2, -0.15) is 0 Å². The van der Waals surface area contributed by atoms with Crippen LogP contribution in [0.15, 0.2) is 28.7 Å². The molecule has 0 atom stereocenters. The molecule has 0 unspecified atom stereocenters. The van der Waals surface area contributed by atoms with Crippen LogP contribution in [-0.4, -0.2) is 44.7 Å². The normalized spacial score (nSPS) is 10.6. The van der Waals surface area contributed by atoms with Crippen molar-refractivity contribution in [2.75, 3.05) is 26.9 Å². The fourth-order valence-electron chi connectivity index (χ4n) is 2.49. The zero-order valence-corrected chi connectivity index (χ0v) is 15.4. The van der Waals surface area contributed by atoms with Crippen molar-refractivity contribution in [3.05, 3.63) is 35.6 Å². The molecule has 0 saturated carbocycles. The first-order chi connectivity index (χ1) is 13.1. The summed E-state index contributed by atoms with van der Waals surface area (Å²) >= 11 is 0. The number of carbonyl (C=O) groups is 3. The Morgan fingerprint density at radius 1 is 1.15 bits per heavy atom. The molecule has 0 fully saturated rings. The summed E-state index contributed by atoms with van der Waals surface area (Å²) < 4.78 is 20.5. The monoisotopic (exact) mass is 377 g/mol. The van der Waals surface area contributed by atoms with Gasteiger partial charge in [0.15, 0.2) is 6.61 Å². The smallest absolute Gasteiger partial charge is 0.375 e. The summed E-state index contributed by atoms with van der Waals surface area (Å²) in [6, 6.07) is 7.18. The number of ether oxygens (including phenoxy) is 3. The molecule has 0 spiro atoms. The molecule has 8 nitrogen and oxygen atoms in total. The number of furan rings is 1. The molecule has 8 heteroatoms. The minimum atomic E-state index is -0.736. The van der Waals surface area contributed by atoms with E-state index in [2.05, 4.69) is 5.32 Å². The molecule has 0 saturated heterocycles. The van der Waals surface area contributed by atoms with Crippen LogP contribution in [0.5, 0.6) is 0 Å². The molecule has 0 aliphatic carbocycles. The zero-order chi connectivity index (χ0) is 19.6. The lowest BCUT2D eigenvalue weighted by Crippen LogP contribution is -2.30. The van der Waals surface area contributed by atoms with E-state index in [4.69, 9.17) is 18.6 Å². The number of rotatable bonds is 10. The first-order valence-corrected chi connectivity index (χ1v) is 8.65. The van der Waals surface area contributed by atoms with Gasteiger partial charge in [-0.25, -0.2) is 4.79 Å². The van der Waals surface area contributed by atoms with Crippen molar-refractivity contribution in [2.24, 2.45) is 0 Å². The SMILES string of the molecule is CCOC(=O)CCCNC(=O)COC(=O)c1oc2ccccc2c1COC. The third-order valence-electron chi connectivity index (χ3n) is 3.69. The average molecular weight is 377 g/mol.